The van der Waals surface area contributed by atoms with E-state index < -0.39 is 0 Å². The first-order chi connectivity index (χ1) is 7.02. The molecule has 0 spiro atoms. The summed E-state index contributed by atoms with van der Waals surface area (Å²) in [5.41, 5.74) is 0. The van der Waals surface area contributed by atoms with Crippen molar-refractivity contribution in [3.8, 4) is 0 Å². The Balaban J connectivity index is 2.49. The molecule has 1 aliphatic rings. The van der Waals surface area contributed by atoms with E-state index >= 15 is 0 Å². The van der Waals surface area contributed by atoms with Gasteiger partial charge in [-0.25, -0.2) is 0 Å². The molecule has 0 radical (unpaired) electrons. The zero-order chi connectivity index (χ0) is 11.4. The summed E-state index contributed by atoms with van der Waals surface area (Å²) in [7, 11) is 0. The van der Waals surface area contributed by atoms with Crippen molar-refractivity contribution in [2.45, 2.75) is 40.2 Å². The third-order valence-corrected chi connectivity index (χ3v) is 3.25. The molecule has 1 atom stereocenters. The van der Waals surface area contributed by atoms with Gasteiger partial charge in [0, 0.05) is 18.9 Å². The number of amides is 1. The van der Waals surface area contributed by atoms with Gasteiger partial charge in [-0.15, -0.1) is 0 Å². The summed E-state index contributed by atoms with van der Waals surface area (Å²) in [5.74, 6) is 0.464. The summed E-state index contributed by atoms with van der Waals surface area (Å²) >= 11 is 0. The van der Waals surface area contributed by atoms with Crippen molar-refractivity contribution >= 4 is 5.91 Å². The van der Waals surface area contributed by atoms with Crippen molar-refractivity contribution in [3.05, 3.63) is 0 Å². The number of carbonyl (C=O) groups is 1. The van der Waals surface area contributed by atoms with Gasteiger partial charge in [0.15, 0.2) is 0 Å². The molecule has 0 aromatic carbocycles. The first-order valence-electron chi connectivity index (χ1n) is 6.15. The first kappa shape index (κ1) is 12.5. The lowest BCUT2D eigenvalue weighted by Crippen LogP contribution is -3.15. The van der Waals surface area contributed by atoms with Gasteiger partial charge in [0.05, 0.1) is 25.7 Å². The smallest absolute Gasteiger partial charge is 0.225 e. The van der Waals surface area contributed by atoms with Crippen LogP contribution >= 0.6 is 0 Å². The second kappa shape index (κ2) is 5.50. The summed E-state index contributed by atoms with van der Waals surface area (Å²) in [6.07, 6.45) is 1.14. The predicted octanol–water partition coefficient (Wildman–Crippen LogP) is 0.168. The fourth-order valence-corrected chi connectivity index (χ4v) is 2.18. The fourth-order valence-electron chi connectivity index (χ4n) is 2.18. The number of hydrogen-bond donors (Lipinski definition) is 1. The average molecular weight is 213 g/mol. The number of quaternary nitrogens is 1. The van der Waals surface area contributed by atoms with Crippen molar-refractivity contribution in [2.24, 2.45) is 5.92 Å². The fraction of sp³-hybridized carbons (Fsp3) is 0.917. The molecule has 88 valence electrons. The lowest BCUT2D eigenvalue weighted by molar-refractivity contribution is -0.919. The molecule has 0 aliphatic carbocycles. The second-order valence-corrected chi connectivity index (χ2v) is 5.15. The molecule has 1 heterocycles. The third-order valence-electron chi connectivity index (χ3n) is 3.25. The van der Waals surface area contributed by atoms with Crippen molar-refractivity contribution < 1.29 is 9.69 Å². The Labute approximate surface area is 93.4 Å². The SMILES string of the molecule is CC(C)C(=O)N1CCC[NH+](C(C)C)CC1. The summed E-state index contributed by atoms with van der Waals surface area (Å²) in [6.45, 7) is 12.7. The van der Waals surface area contributed by atoms with Crippen LogP contribution in [0.5, 0.6) is 0 Å². The highest BCUT2D eigenvalue weighted by Gasteiger charge is 2.23. The van der Waals surface area contributed by atoms with E-state index in [9.17, 15) is 4.79 Å². The maximum atomic E-state index is 11.8. The van der Waals surface area contributed by atoms with Crippen molar-refractivity contribution in [3.63, 3.8) is 0 Å². The molecule has 0 aromatic heterocycles. The molecular formula is C12H25N2O+. The number of carbonyl (C=O) groups excluding carboxylic acids is 1. The molecular weight excluding hydrogens is 188 g/mol. The highest BCUT2D eigenvalue weighted by atomic mass is 16.2. The Hall–Kier alpha value is -0.570. The Bertz CT molecular complexity index is 214. The molecule has 0 aromatic rings. The van der Waals surface area contributed by atoms with Crippen LogP contribution < -0.4 is 4.90 Å². The molecule has 1 amide bonds. The minimum Gasteiger partial charge on any atom is -0.337 e. The van der Waals surface area contributed by atoms with Crippen LogP contribution in [0.15, 0.2) is 0 Å². The van der Waals surface area contributed by atoms with Crippen molar-refractivity contribution in [2.75, 3.05) is 26.2 Å². The number of nitrogens with zero attached hydrogens (tertiary/aromatic N) is 1. The van der Waals surface area contributed by atoms with Gasteiger partial charge in [-0.3, -0.25) is 4.79 Å². The van der Waals surface area contributed by atoms with Crippen LogP contribution in [-0.4, -0.2) is 43.0 Å². The average Bonchev–Trinajstić information content (AvgIpc) is 2.41. The van der Waals surface area contributed by atoms with Crippen LogP contribution in [0, 0.1) is 5.92 Å². The maximum absolute atomic E-state index is 11.8. The van der Waals surface area contributed by atoms with Gasteiger partial charge in [0.25, 0.3) is 0 Å². The molecule has 1 rings (SSSR count). The lowest BCUT2D eigenvalue weighted by Gasteiger charge is -2.23. The van der Waals surface area contributed by atoms with Crippen LogP contribution in [0.1, 0.15) is 34.1 Å². The number of rotatable bonds is 2. The summed E-state index contributed by atoms with van der Waals surface area (Å²) in [4.78, 5) is 15.5. The summed E-state index contributed by atoms with van der Waals surface area (Å²) in [6, 6.07) is 0.680. The maximum Gasteiger partial charge on any atom is 0.225 e. The van der Waals surface area contributed by atoms with Gasteiger partial charge >= 0.3 is 0 Å². The zero-order valence-corrected chi connectivity index (χ0v) is 10.5. The standard InChI is InChI=1S/C12H24N2O/c1-10(2)12(15)14-7-5-6-13(8-9-14)11(3)4/h10-11H,5-9H2,1-4H3/p+1. The Morgan fingerprint density at radius 1 is 1.13 bits per heavy atom. The number of hydrogen-bond acceptors (Lipinski definition) is 1. The van der Waals surface area contributed by atoms with Gasteiger partial charge in [0.1, 0.15) is 0 Å². The van der Waals surface area contributed by atoms with E-state index in [1.165, 1.54) is 6.54 Å². The minimum absolute atomic E-state index is 0.144. The van der Waals surface area contributed by atoms with E-state index in [0.29, 0.717) is 11.9 Å². The van der Waals surface area contributed by atoms with Gasteiger partial charge in [-0.2, -0.15) is 0 Å². The number of nitrogens with one attached hydrogen (secondary N) is 1. The largest absolute Gasteiger partial charge is 0.337 e. The van der Waals surface area contributed by atoms with E-state index in [1.807, 2.05) is 18.7 Å². The van der Waals surface area contributed by atoms with Crippen molar-refractivity contribution in [1.82, 2.24) is 4.90 Å². The van der Waals surface area contributed by atoms with E-state index in [-0.39, 0.29) is 5.92 Å². The van der Waals surface area contributed by atoms with E-state index in [2.05, 4.69) is 13.8 Å². The molecule has 3 nitrogen and oxygen atoms in total. The van der Waals surface area contributed by atoms with Crippen LogP contribution in [0.4, 0.5) is 0 Å². The Morgan fingerprint density at radius 3 is 2.33 bits per heavy atom. The summed E-state index contributed by atoms with van der Waals surface area (Å²) < 4.78 is 0. The zero-order valence-electron chi connectivity index (χ0n) is 10.5. The minimum atomic E-state index is 0.144. The van der Waals surface area contributed by atoms with Gasteiger partial charge in [-0.1, -0.05) is 13.8 Å². The van der Waals surface area contributed by atoms with Gasteiger partial charge in [-0.05, 0) is 13.8 Å². The second-order valence-electron chi connectivity index (χ2n) is 5.15. The first-order valence-corrected chi connectivity index (χ1v) is 6.15. The molecule has 1 unspecified atom stereocenters. The van der Waals surface area contributed by atoms with E-state index in [1.54, 1.807) is 4.90 Å². The van der Waals surface area contributed by atoms with Gasteiger partial charge in [0.2, 0.25) is 5.91 Å². The van der Waals surface area contributed by atoms with Crippen LogP contribution in [0.2, 0.25) is 0 Å². The molecule has 0 bridgehead atoms. The molecule has 3 heteroatoms. The molecule has 1 N–H and O–H groups in total. The highest BCUT2D eigenvalue weighted by Crippen LogP contribution is 2.02. The molecule has 1 saturated heterocycles. The predicted molar refractivity (Wildman–Crippen MR) is 61.9 cm³/mol. The van der Waals surface area contributed by atoms with Gasteiger partial charge < -0.3 is 9.80 Å². The van der Waals surface area contributed by atoms with Crippen LogP contribution in [-0.2, 0) is 4.79 Å². The monoisotopic (exact) mass is 213 g/mol. The molecule has 1 aliphatic heterocycles. The van der Waals surface area contributed by atoms with E-state index in [4.69, 9.17) is 0 Å². The van der Waals surface area contributed by atoms with E-state index in [0.717, 1.165) is 26.1 Å². The normalized spacial score (nSPS) is 23.3. The summed E-state index contributed by atoms with van der Waals surface area (Å²) in [5, 5.41) is 0. The molecule has 1 fully saturated rings. The Kier molecular flexibility index (Phi) is 4.58. The Morgan fingerprint density at radius 2 is 1.80 bits per heavy atom. The quantitative estimate of drug-likeness (QED) is 0.695. The highest BCUT2D eigenvalue weighted by molar-refractivity contribution is 5.78. The lowest BCUT2D eigenvalue weighted by atomic mass is 10.2. The van der Waals surface area contributed by atoms with Crippen LogP contribution in [0.3, 0.4) is 0 Å². The topological polar surface area (TPSA) is 24.8 Å². The molecule has 0 saturated carbocycles. The third kappa shape index (κ3) is 3.49. The van der Waals surface area contributed by atoms with Crippen molar-refractivity contribution in [1.29, 1.82) is 0 Å². The van der Waals surface area contributed by atoms with Crippen LogP contribution in [0.25, 0.3) is 0 Å². The molecule has 15 heavy (non-hydrogen) atoms.